The highest BCUT2D eigenvalue weighted by Gasteiger charge is 2.23. The van der Waals surface area contributed by atoms with Gasteiger partial charge in [0, 0.05) is 38.1 Å². The van der Waals surface area contributed by atoms with Crippen LogP contribution in [0.25, 0.3) is 0 Å². The highest BCUT2D eigenvalue weighted by atomic mass is 16.5. The van der Waals surface area contributed by atoms with Gasteiger partial charge in [0.2, 0.25) is 0 Å². The SMILES string of the molecule is CCNC(=NCC(C)c1ccc(C)cc1)NC1CCN(C(=O)OC)CC1. The zero-order valence-corrected chi connectivity index (χ0v) is 16.4. The molecule has 0 aromatic heterocycles. The van der Waals surface area contributed by atoms with Gasteiger partial charge >= 0.3 is 6.09 Å². The molecule has 1 fully saturated rings. The number of ether oxygens (including phenoxy) is 1. The number of guanidine groups is 1. The number of amides is 1. The first-order chi connectivity index (χ1) is 12.5. The summed E-state index contributed by atoms with van der Waals surface area (Å²) >= 11 is 0. The Bertz CT molecular complexity index is 592. The van der Waals surface area contributed by atoms with Gasteiger partial charge in [-0.1, -0.05) is 36.8 Å². The fourth-order valence-corrected chi connectivity index (χ4v) is 3.08. The normalized spacial score (nSPS) is 16.9. The molecule has 1 amide bonds. The lowest BCUT2D eigenvalue weighted by Gasteiger charge is -2.32. The standard InChI is InChI=1S/C20H32N4O2/c1-5-21-19(22-14-16(3)17-8-6-15(2)7-9-17)23-18-10-12-24(13-11-18)20(25)26-4/h6-9,16,18H,5,10-14H2,1-4H3,(H2,21,22,23). The van der Waals surface area contributed by atoms with Crippen molar-refractivity contribution >= 4 is 12.1 Å². The zero-order chi connectivity index (χ0) is 18.9. The smallest absolute Gasteiger partial charge is 0.409 e. The molecular weight excluding hydrogens is 328 g/mol. The maximum Gasteiger partial charge on any atom is 0.409 e. The first-order valence-corrected chi connectivity index (χ1v) is 9.47. The minimum absolute atomic E-state index is 0.240. The van der Waals surface area contributed by atoms with E-state index in [0.29, 0.717) is 25.0 Å². The lowest BCUT2D eigenvalue weighted by atomic mass is 10.0. The van der Waals surface area contributed by atoms with Crippen LogP contribution in [0.15, 0.2) is 29.3 Å². The summed E-state index contributed by atoms with van der Waals surface area (Å²) in [5, 5.41) is 6.84. The van der Waals surface area contributed by atoms with Gasteiger partial charge in [-0.3, -0.25) is 4.99 Å². The van der Waals surface area contributed by atoms with E-state index in [4.69, 9.17) is 9.73 Å². The van der Waals surface area contributed by atoms with E-state index in [2.05, 4.69) is 55.7 Å². The van der Waals surface area contributed by atoms with Crippen LogP contribution < -0.4 is 10.6 Å². The molecule has 2 rings (SSSR count). The van der Waals surface area contributed by atoms with E-state index in [1.165, 1.54) is 18.2 Å². The van der Waals surface area contributed by atoms with Crippen LogP contribution in [0.2, 0.25) is 0 Å². The molecule has 2 N–H and O–H groups in total. The Morgan fingerprint density at radius 2 is 1.96 bits per heavy atom. The first kappa shape index (κ1) is 20.1. The second-order valence-electron chi connectivity index (χ2n) is 6.91. The number of methoxy groups -OCH3 is 1. The van der Waals surface area contributed by atoms with Crippen LogP contribution in [-0.4, -0.2) is 56.3 Å². The number of carbonyl (C=O) groups is 1. The molecule has 26 heavy (non-hydrogen) atoms. The molecule has 1 aliphatic heterocycles. The van der Waals surface area contributed by atoms with Crippen molar-refractivity contribution in [3.05, 3.63) is 35.4 Å². The molecule has 1 saturated heterocycles. The van der Waals surface area contributed by atoms with E-state index in [9.17, 15) is 4.79 Å². The number of hydrogen-bond acceptors (Lipinski definition) is 3. The van der Waals surface area contributed by atoms with E-state index in [0.717, 1.165) is 31.9 Å². The third kappa shape index (κ3) is 5.93. The van der Waals surface area contributed by atoms with Crippen LogP contribution >= 0.6 is 0 Å². The van der Waals surface area contributed by atoms with Gasteiger partial charge in [0.1, 0.15) is 0 Å². The number of aliphatic imine (C=N–C) groups is 1. The maximum atomic E-state index is 11.6. The van der Waals surface area contributed by atoms with Gasteiger partial charge in [-0.2, -0.15) is 0 Å². The Morgan fingerprint density at radius 3 is 2.54 bits per heavy atom. The Balaban J connectivity index is 1.88. The van der Waals surface area contributed by atoms with Gasteiger partial charge in [0.15, 0.2) is 5.96 Å². The molecule has 1 aromatic carbocycles. The number of aryl methyl sites for hydroxylation is 1. The summed E-state index contributed by atoms with van der Waals surface area (Å²) in [5.41, 5.74) is 2.58. The fraction of sp³-hybridized carbons (Fsp3) is 0.600. The highest BCUT2D eigenvalue weighted by molar-refractivity contribution is 5.80. The summed E-state index contributed by atoms with van der Waals surface area (Å²) in [7, 11) is 1.43. The minimum Gasteiger partial charge on any atom is -0.453 e. The summed E-state index contributed by atoms with van der Waals surface area (Å²) in [6, 6.07) is 8.97. The van der Waals surface area contributed by atoms with Crippen molar-refractivity contribution in [2.24, 2.45) is 4.99 Å². The summed E-state index contributed by atoms with van der Waals surface area (Å²) in [6.45, 7) is 9.36. The van der Waals surface area contributed by atoms with Gasteiger partial charge in [-0.25, -0.2) is 4.79 Å². The van der Waals surface area contributed by atoms with Crippen molar-refractivity contribution in [2.45, 2.75) is 45.6 Å². The molecule has 6 nitrogen and oxygen atoms in total. The lowest BCUT2D eigenvalue weighted by Crippen LogP contribution is -2.49. The number of piperidine rings is 1. The molecule has 0 saturated carbocycles. The molecule has 1 heterocycles. The second-order valence-corrected chi connectivity index (χ2v) is 6.91. The number of likely N-dealkylation sites (tertiary alicyclic amines) is 1. The molecule has 1 aliphatic rings. The van der Waals surface area contributed by atoms with E-state index in [1.54, 1.807) is 4.90 Å². The molecule has 144 valence electrons. The summed E-state index contributed by atoms with van der Waals surface area (Å²) in [4.78, 5) is 18.1. The average molecular weight is 361 g/mol. The largest absolute Gasteiger partial charge is 0.453 e. The summed E-state index contributed by atoms with van der Waals surface area (Å²) in [6.07, 6.45) is 1.55. The van der Waals surface area contributed by atoms with Crippen molar-refractivity contribution in [2.75, 3.05) is 33.3 Å². The number of rotatable bonds is 5. The zero-order valence-electron chi connectivity index (χ0n) is 16.4. The van der Waals surface area contributed by atoms with Gasteiger partial charge in [0.05, 0.1) is 7.11 Å². The average Bonchev–Trinajstić information content (AvgIpc) is 2.66. The van der Waals surface area contributed by atoms with Crippen LogP contribution in [0, 0.1) is 6.92 Å². The van der Waals surface area contributed by atoms with Gasteiger partial charge in [-0.15, -0.1) is 0 Å². The van der Waals surface area contributed by atoms with Crippen LogP contribution in [0.3, 0.4) is 0 Å². The molecule has 0 radical (unpaired) electrons. The Hall–Kier alpha value is -2.24. The van der Waals surface area contributed by atoms with Crippen molar-refractivity contribution < 1.29 is 9.53 Å². The van der Waals surface area contributed by atoms with Crippen molar-refractivity contribution in [1.82, 2.24) is 15.5 Å². The van der Waals surface area contributed by atoms with Crippen LogP contribution in [0.1, 0.15) is 43.7 Å². The monoisotopic (exact) mass is 360 g/mol. The van der Waals surface area contributed by atoms with Crippen LogP contribution in [-0.2, 0) is 4.74 Å². The molecule has 0 spiro atoms. The molecule has 0 aliphatic carbocycles. The third-order valence-electron chi connectivity index (χ3n) is 4.78. The lowest BCUT2D eigenvalue weighted by molar-refractivity contribution is 0.111. The summed E-state index contributed by atoms with van der Waals surface area (Å²) < 4.78 is 4.79. The minimum atomic E-state index is -0.240. The predicted molar refractivity (Wildman–Crippen MR) is 106 cm³/mol. The quantitative estimate of drug-likeness (QED) is 0.626. The Morgan fingerprint density at radius 1 is 1.31 bits per heavy atom. The Labute approximate surface area is 157 Å². The number of benzene rings is 1. The number of hydrogen-bond donors (Lipinski definition) is 2. The number of nitrogens with zero attached hydrogens (tertiary/aromatic N) is 2. The predicted octanol–water partition coefficient (Wildman–Crippen LogP) is 2.88. The van der Waals surface area contributed by atoms with Crippen molar-refractivity contribution in [3.8, 4) is 0 Å². The highest BCUT2D eigenvalue weighted by Crippen LogP contribution is 2.16. The molecule has 1 atom stereocenters. The second kappa shape index (κ2) is 10.0. The molecule has 6 heteroatoms. The fourth-order valence-electron chi connectivity index (χ4n) is 3.08. The first-order valence-electron chi connectivity index (χ1n) is 9.47. The third-order valence-corrected chi connectivity index (χ3v) is 4.78. The molecule has 0 bridgehead atoms. The Kier molecular flexibility index (Phi) is 7.75. The van der Waals surface area contributed by atoms with E-state index >= 15 is 0 Å². The van der Waals surface area contributed by atoms with Gasteiger partial charge in [0.25, 0.3) is 0 Å². The van der Waals surface area contributed by atoms with Crippen LogP contribution in [0.4, 0.5) is 4.79 Å². The maximum absolute atomic E-state index is 11.6. The van der Waals surface area contributed by atoms with Crippen molar-refractivity contribution in [3.63, 3.8) is 0 Å². The van der Waals surface area contributed by atoms with E-state index < -0.39 is 0 Å². The number of nitrogens with one attached hydrogen (secondary N) is 2. The summed E-state index contributed by atoms with van der Waals surface area (Å²) in [5.74, 6) is 1.22. The van der Waals surface area contributed by atoms with E-state index in [1.807, 2.05) is 0 Å². The topological polar surface area (TPSA) is 66.0 Å². The molecular formula is C20H32N4O2. The molecule has 1 aromatic rings. The van der Waals surface area contributed by atoms with Gasteiger partial charge < -0.3 is 20.3 Å². The number of carbonyl (C=O) groups excluding carboxylic acids is 1. The van der Waals surface area contributed by atoms with Crippen LogP contribution in [0.5, 0.6) is 0 Å². The van der Waals surface area contributed by atoms with Gasteiger partial charge in [-0.05, 0) is 32.3 Å². The van der Waals surface area contributed by atoms with E-state index in [-0.39, 0.29) is 6.09 Å². The van der Waals surface area contributed by atoms with Crippen molar-refractivity contribution in [1.29, 1.82) is 0 Å². The molecule has 1 unspecified atom stereocenters.